The molecule has 1 aliphatic heterocycles. The molecule has 1 N–H and O–H groups in total. The van der Waals surface area contributed by atoms with Crippen LogP contribution in [0, 0.1) is 0 Å². The summed E-state index contributed by atoms with van der Waals surface area (Å²) in [5.74, 6) is 0. The Balaban J connectivity index is 2.16. The molecule has 0 aromatic heterocycles. The van der Waals surface area contributed by atoms with Crippen LogP contribution in [0.5, 0.6) is 0 Å². The Morgan fingerprint density at radius 1 is 1.00 bits per heavy atom. The number of nitrogens with one attached hydrogen (secondary N) is 1. The van der Waals surface area contributed by atoms with Crippen LogP contribution >= 0.6 is 0 Å². The molecule has 3 nitrogen and oxygen atoms in total. The summed E-state index contributed by atoms with van der Waals surface area (Å²) in [7, 11) is 0. The maximum absolute atomic E-state index is 3.47. The predicted octanol–water partition coefficient (Wildman–Crippen LogP) is 3.32. The van der Waals surface area contributed by atoms with Gasteiger partial charge in [-0.2, -0.15) is 0 Å². The van der Waals surface area contributed by atoms with Crippen molar-refractivity contribution in [3.8, 4) is 0 Å². The maximum atomic E-state index is 3.47. The van der Waals surface area contributed by atoms with Crippen molar-refractivity contribution >= 4 is 0 Å². The molecule has 2 rings (SSSR count). The Morgan fingerprint density at radius 2 is 1.61 bits per heavy atom. The van der Waals surface area contributed by atoms with Crippen LogP contribution in [0.4, 0.5) is 0 Å². The topological polar surface area (TPSA) is 18.5 Å². The number of hydrogen-bond acceptors (Lipinski definition) is 3. The number of hydrogen-bond donors (Lipinski definition) is 1. The van der Waals surface area contributed by atoms with E-state index in [2.05, 4.69) is 60.2 Å². The highest BCUT2D eigenvalue weighted by Crippen LogP contribution is 2.24. The molecule has 1 heterocycles. The van der Waals surface area contributed by atoms with Gasteiger partial charge in [-0.1, -0.05) is 45.0 Å². The number of piperazine rings is 1. The molecule has 0 amide bonds. The number of aryl methyl sites for hydroxylation is 1. The minimum Gasteiger partial charge on any atom is -0.314 e. The Bertz CT molecular complexity index is 417. The largest absolute Gasteiger partial charge is 0.314 e. The van der Waals surface area contributed by atoms with Crippen LogP contribution < -0.4 is 5.32 Å². The molecule has 0 saturated carbocycles. The van der Waals surface area contributed by atoms with E-state index in [1.165, 1.54) is 50.1 Å². The van der Waals surface area contributed by atoms with Crippen molar-refractivity contribution in [3.63, 3.8) is 0 Å². The smallest absolute Gasteiger partial charge is 0.0475 e. The second kappa shape index (κ2) is 10.1. The highest BCUT2D eigenvalue weighted by Gasteiger charge is 2.23. The lowest BCUT2D eigenvalue weighted by Gasteiger charge is -2.37. The average Bonchev–Trinajstić information content (AvgIpc) is 2.61. The first-order chi connectivity index (χ1) is 11.3. The van der Waals surface area contributed by atoms with E-state index in [-0.39, 0.29) is 0 Å². The Labute approximate surface area is 143 Å². The first-order valence-corrected chi connectivity index (χ1v) is 9.54. The van der Waals surface area contributed by atoms with E-state index in [0.717, 1.165) is 26.1 Å². The molecule has 0 radical (unpaired) electrons. The van der Waals surface area contributed by atoms with Gasteiger partial charge in [0.25, 0.3) is 0 Å². The molecule has 1 aliphatic rings. The zero-order valence-electron chi connectivity index (χ0n) is 15.4. The second-order valence-electron chi connectivity index (χ2n) is 6.70. The third kappa shape index (κ3) is 5.59. The number of benzene rings is 1. The van der Waals surface area contributed by atoms with Gasteiger partial charge in [0.15, 0.2) is 0 Å². The van der Waals surface area contributed by atoms with Crippen LogP contribution in [0.3, 0.4) is 0 Å². The highest BCUT2D eigenvalue weighted by atomic mass is 15.2. The summed E-state index contributed by atoms with van der Waals surface area (Å²) in [6.45, 7) is 15.0. The third-order valence-corrected chi connectivity index (χ3v) is 4.88. The van der Waals surface area contributed by atoms with Crippen molar-refractivity contribution in [2.24, 2.45) is 0 Å². The minimum absolute atomic E-state index is 0.527. The van der Waals surface area contributed by atoms with Gasteiger partial charge in [-0.3, -0.25) is 9.80 Å². The second-order valence-corrected chi connectivity index (χ2v) is 6.70. The molecular formula is C20H35N3. The van der Waals surface area contributed by atoms with Crippen molar-refractivity contribution in [1.82, 2.24) is 15.1 Å². The quantitative estimate of drug-likeness (QED) is 0.754. The van der Waals surface area contributed by atoms with E-state index >= 15 is 0 Å². The Morgan fingerprint density at radius 3 is 2.13 bits per heavy atom. The standard InChI is InChI=1S/C20H35N3/c1-4-13-23(14-5-2)20(17-22-15-11-21-12-16-22)19-9-7-18(6-3)8-10-19/h7-10,20-21H,4-6,11-17H2,1-3H3. The molecule has 3 heteroatoms. The van der Waals surface area contributed by atoms with Crippen LogP contribution in [0.2, 0.25) is 0 Å². The summed E-state index contributed by atoms with van der Waals surface area (Å²) in [6.07, 6.45) is 3.58. The average molecular weight is 318 g/mol. The Kier molecular flexibility index (Phi) is 8.07. The van der Waals surface area contributed by atoms with E-state index in [0.29, 0.717) is 6.04 Å². The molecule has 1 aromatic rings. The molecule has 0 spiro atoms. The third-order valence-electron chi connectivity index (χ3n) is 4.88. The predicted molar refractivity (Wildman–Crippen MR) is 100 cm³/mol. The first-order valence-electron chi connectivity index (χ1n) is 9.54. The van der Waals surface area contributed by atoms with Gasteiger partial charge in [0.05, 0.1) is 0 Å². The molecule has 1 unspecified atom stereocenters. The molecule has 130 valence electrons. The molecule has 1 saturated heterocycles. The molecule has 1 aromatic carbocycles. The van der Waals surface area contributed by atoms with E-state index in [9.17, 15) is 0 Å². The number of rotatable bonds is 9. The molecule has 1 fully saturated rings. The van der Waals surface area contributed by atoms with Crippen LogP contribution in [-0.4, -0.2) is 55.6 Å². The summed E-state index contributed by atoms with van der Waals surface area (Å²) >= 11 is 0. The molecule has 1 atom stereocenters. The van der Waals surface area contributed by atoms with Crippen molar-refractivity contribution in [2.45, 2.75) is 46.1 Å². The summed E-state index contributed by atoms with van der Waals surface area (Å²) in [4.78, 5) is 5.33. The maximum Gasteiger partial charge on any atom is 0.0475 e. The lowest BCUT2D eigenvalue weighted by molar-refractivity contribution is 0.129. The van der Waals surface area contributed by atoms with Crippen molar-refractivity contribution in [2.75, 3.05) is 45.8 Å². The molecule has 0 aliphatic carbocycles. The van der Waals surface area contributed by atoms with Crippen LogP contribution in [0.25, 0.3) is 0 Å². The van der Waals surface area contributed by atoms with Gasteiger partial charge in [0.2, 0.25) is 0 Å². The van der Waals surface area contributed by atoms with Gasteiger partial charge in [-0.25, -0.2) is 0 Å². The van der Waals surface area contributed by atoms with E-state index < -0.39 is 0 Å². The SMILES string of the molecule is CCCN(CCC)C(CN1CCNCC1)c1ccc(CC)cc1. The number of nitrogens with zero attached hydrogens (tertiary/aromatic N) is 2. The monoisotopic (exact) mass is 317 g/mol. The van der Waals surface area contributed by atoms with Gasteiger partial charge < -0.3 is 5.32 Å². The zero-order chi connectivity index (χ0) is 16.5. The summed E-state index contributed by atoms with van der Waals surface area (Å²) < 4.78 is 0. The summed E-state index contributed by atoms with van der Waals surface area (Å²) in [5.41, 5.74) is 2.93. The molecule has 23 heavy (non-hydrogen) atoms. The van der Waals surface area contributed by atoms with Crippen LogP contribution in [0.1, 0.15) is 50.8 Å². The van der Waals surface area contributed by atoms with Gasteiger partial charge in [-0.05, 0) is 43.5 Å². The van der Waals surface area contributed by atoms with Crippen molar-refractivity contribution < 1.29 is 0 Å². The van der Waals surface area contributed by atoms with Gasteiger partial charge >= 0.3 is 0 Å². The highest BCUT2D eigenvalue weighted by molar-refractivity contribution is 5.25. The first kappa shape index (κ1) is 18.4. The van der Waals surface area contributed by atoms with Crippen molar-refractivity contribution in [3.05, 3.63) is 35.4 Å². The fourth-order valence-electron chi connectivity index (χ4n) is 3.54. The van der Waals surface area contributed by atoms with Crippen LogP contribution in [-0.2, 0) is 6.42 Å². The van der Waals surface area contributed by atoms with Crippen LogP contribution in [0.15, 0.2) is 24.3 Å². The van der Waals surface area contributed by atoms with Crippen molar-refractivity contribution in [1.29, 1.82) is 0 Å². The van der Waals surface area contributed by atoms with E-state index in [1.54, 1.807) is 0 Å². The lowest BCUT2D eigenvalue weighted by Crippen LogP contribution is -2.47. The summed E-state index contributed by atoms with van der Waals surface area (Å²) in [6, 6.07) is 9.89. The van der Waals surface area contributed by atoms with E-state index in [4.69, 9.17) is 0 Å². The fraction of sp³-hybridized carbons (Fsp3) is 0.700. The fourth-order valence-corrected chi connectivity index (χ4v) is 3.54. The normalized spacial score (nSPS) is 17.6. The zero-order valence-corrected chi connectivity index (χ0v) is 15.4. The summed E-state index contributed by atoms with van der Waals surface area (Å²) in [5, 5.41) is 3.47. The Hall–Kier alpha value is -0.900. The van der Waals surface area contributed by atoms with Gasteiger partial charge in [-0.15, -0.1) is 0 Å². The van der Waals surface area contributed by atoms with Gasteiger partial charge in [0.1, 0.15) is 0 Å². The van der Waals surface area contributed by atoms with E-state index in [1.807, 2.05) is 0 Å². The lowest BCUT2D eigenvalue weighted by atomic mass is 10.0. The van der Waals surface area contributed by atoms with Gasteiger partial charge in [0, 0.05) is 38.8 Å². The molecule has 0 bridgehead atoms. The molecular weight excluding hydrogens is 282 g/mol. The minimum atomic E-state index is 0.527.